The molecule has 0 aromatic carbocycles. The molecular weight excluding hydrogens is 383 g/mol. The average Bonchev–Trinajstić information content (AvgIpc) is 2.54. The first-order chi connectivity index (χ1) is 7.46. The Morgan fingerprint density at radius 1 is 1.31 bits per heavy atom. The molecule has 0 amide bonds. The van der Waals surface area contributed by atoms with Gasteiger partial charge in [0.2, 0.25) is 0 Å². The SMILES string of the molecule is CCCCCCN1N=CN(C(Cl)(Cl)Cl)C1I. The van der Waals surface area contributed by atoms with Gasteiger partial charge in [-0.05, 0) is 29.0 Å². The number of alkyl halides is 4. The van der Waals surface area contributed by atoms with Gasteiger partial charge in [0, 0.05) is 6.54 Å². The molecule has 0 saturated carbocycles. The molecule has 16 heavy (non-hydrogen) atoms. The summed E-state index contributed by atoms with van der Waals surface area (Å²) in [6.07, 6.45) is 6.43. The van der Waals surface area contributed by atoms with Crippen molar-refractivity contribution in [2.24, 2.45) is 5.10 Å². The van der Waals surface area contributed by atoms with Gasteiger partial charge in [0.05, 0.1) is 0 Å². The van der Waals surface area contributed by atoms with E-state index in [2.05, 4.69) is 34.6 Å². The molecule has 0 radical (unpaired) electrons. The minimum atomic E-state index is -1.42. The number of halogens is 4. The molecule has 0 aliphatic carbocycles. The van der Waals surface area contributed by atoms with Crippen molar-refractivity contribution in [3.05, 3.63) is 0 Å². The van der Waals surface area contributed by atoms with Crippen molar-refractivity contribution >= 4 is 63.7 Å². The summed E-state index contributed by atoms with van der Waals surface area (Å²) in [5.74, 6) is 0. The molecule has 0 fully saturated rings. The van der Waals surface area contributed by atoms with Crippen molar-refractivity contribution in [3.8, 4) is 0 Å². The predicted octanol–water partition coefficient (Wildman–Crippen LogP) is 4.17. The first-order valence-electron chi connectivity index (χ1n) is 5.26. The molecule has 7 heteroatoms. The first kappa shape index (κ1) is 14.9. The molecule has 1 unspecified atom stereocenters. The smallest absolute Gasteiger partial charge is 0.271 e. The fourth-order valence-electron chi connectivity index (χ4n) is 1.43. The van der Waals surface area contributed by atoms with E-state index in [1.165, 1.54) is 19.3 Å². The third-order valence-corrected chi connectivity index (χ3v) is 4.16. The topological polar surface area (TPSA) is 18.8 Å². The van der Waals surface area contributed by atoms with Gasteiger partial charge in [-0.3, -0.25) is 9.91 Å². The molecule has 3 nitrogen and oxygen atoms in total. The summed E-state index contributed by atoms with van der Waals surface area (Å²) in [6, 6.07) is 0. The van der Waals surface area contributed by atoms with Gasteiger partial charge in [-0.1, -0.05) is 61.0 Å². The first-order valence-corrected chi connectivity index (χ1v) is 7.64. The Morgan fingerprint density at radius 3 is 2.50 bits per heavy atom. The molecule has 1 aliphatic heterocycles. The highest BCUT2D eigenvalue weighted by Gasteiger charge is 2.38. The lowest BCUT2D eigenvalue weighted by atomic mass is 10.2. The van der Waals surface area contributed by atoms with Gasteiger partial charge in [0.1, 0.15) is 6.34 Å². The zero-order valence-electron chi connectivity index (χ0n) is 9.04. The summed E-state index contributed by atoms with van der Waals surface area (Å²) in [6.45, 7) is 3.10. The number of rotatable bonds is 5. The van der Waals surface area contributed by atoms with Crippen LogP contribution in [-0.4, -0.2) is 30.9 Å². The fraction of sp³-hybridized carbons (Fsp3) is 0.889. The number of hydrazone groups is 1. The molecule has 1 heterocycles. The van der Waals surface area contributed by atoms with Crippen molar-refractivity contribution in [1.82, 2.24) is 9.91 Å². The highest BCUT2D eigenvalue weighted by Crippen LogP contribution is 2.36. The van der Waals surface area contributed by atoms with Gasteiger partial charge in [-0.2, -0.15) is 5.10 Å². The average molecular weight is 399 g/mol. The van der Waals surface area contributed by atoms with Crippen molar-refractivity contribution in [2.75, 3.05) is 6.54 Å². The second-order valence-corrected chi connectivity index (χ2v) is 6.98. The van der Waals surface area contributed by atoms with Gasteiger partial charge in [0.15, 0.2) is 4.17 Å². The van der Waals surface area contributed by atoms with Gasteiger partial charge < -0.3 is 0 Å². The molecule has 0 bridgehead atoms. The molecule has 1 rings (SSSR count). The van der Waals surface area contributed by atoms with E-state index in [0.29, 0.717) is 0 Å². The second kappa shape index (κ2) is 6.71. The molecule has 1 atom stereocenters. The summed E-state index contributed by atoms with van der Waals surface area (Å²) >= 11 is 19.7. The maximum absolute atomic E-state index is 5.82. The largest absolute Gasteiger partial charge is 0.286 e. The number of hydrogen-bond donors (Lipinski definition) is 0. The molecule has 0 N–H and O–H groups in total. The van der Waals surface area contributed by atoms with Crippen LogP contribution < -0.4 is 0 Å². The van der Waals surface area contributed by atoms with Crippen molar-refractivity contribution < 1.29 is 0 Å². The third kappa shape index (κ3) is 4.27. The molecule has 1 aliphatic rings. The zero-order chi connectivity index (χ0) is 12.2. The Kier molecular flexibility index (Phi) is 6.26. The van der Waals surface area contributed by atoms with Crippen LogP contribution >= 0.6 is 57.4 Å². The van der Waals surface area contributed by atoms with Crippen LogP contribution in [-0.2, 0) is 0 Å². The molecule has 94 valence electrons. The molecule has 0 aromatic rings. The quantitative estimate of drug-likeness (QED) is 0.300. The van der Waals surface area contributed by atoms with E-state index in [4.69, 9.17) is 34.8 Å². The zero-order valence-corrected chi connectivity index (χ0v) is 13.5. The third-order valence-electron chi connectivity index (χ3n) is 2.33. The van der Waals surface area contributed by atoms with E-state index in [9.17, 15) is 0 Å². The monoisotopic (exact) mass is 397 g/mol. The van der Waals surface area contributed by atoms with E-state index < -0.39 is 3.92 Å². The number of hydrogen-bond acceptors (Lipinski definition) is 3. The standard InChI is InChI=1S/C9H15Cl3IN3/c1-2-3-4-5-6-16-8(13)15(7-14-16)9(10,11)12/h7-8H,2-6H2,1H3. The van der Waals surface area contributed by atoms with Gasteiger partial charge >= 0.3 is 0 Å². The highest BCUT2D eigenvalue weighted by atomic mass is 127. The van der Waals surface area contributed by atoms with Gasteiger partial charge in [-0.15, -0.1) is 0 Å². The van der Waals surface area contributed by atoms with Crippen LogP contribution in [0.3, 0.4) is 0 Å². The lowest BCUT2D eigenvalue weighted by Gasteiger charge is -2.30. The second-order valence-electron chi connectivity index (χ2n) is 3.64. The number of unbranched alkanes of at least 4 members (excludes halogenated alkanes) is 3. The Hall–Kier alpha value is 0.870. The van der Waals surface area contributed by atoms with Crippen LogP contribution in [0, 0.1) is 0 Å². The molecule has 0 spiro atoms. The van der Waals surface area contributed by atoms with E-state index >= 15 is 0 Å². The van der Waals surface area contributed by atoms with Crippen LogP contribution in [0.1, 0.15) is 32.6 Å². The van der Waals surface area contributed by atoms with Crippen LogP contribution in [0.2, 0.25) is 0 Å². The predicted molar refractivity (Wildman–Crippen MR) is 79.3 cm³/mol. The minimum absolute atomic E-state index is 0.0215. The van der Waals surface area contributed by atoms with Gasteiger partial charge in [-0.25, -0.2) is 0 Å². The van der Waals surface area contributed by atoms with E-state index in [0.717, 1.165) is 13.0 Å². The Morgan fingerprint density at radius 2 is 2.00 bits per heavy atom. The lowest BCUT2D eigenvalue weighted by Crippen LogP contribution is -2.42. The minimum Gasteiger partial charge on any atom is -0.286 e. The Balaban J connectivity index is 2.34. The summed E-state index contributed by atoms with van der Waals surface area (Å²) in [5, 5.41) is 6.18. The summed E-state index contributed by atoms with van der Waals surface area (Å²) < 4.78 is -1.44. The Labute approximate surface area is 125 Å². The maximum atomic E-state index is 5.82. The fourth-order valence-corrected chi connectivity index (χ4v) is 3.31. The van der Waals surface area contributed by atoms with Crippen LogP contribution in [0.4, 0.5) is 0 Å². The normalized spacial score (nSPS) is 20.9. The van der Waals surface area contributed by atoms with Crippen molar-refractivity contribution in [3.63, 3.8) is 0 Å². The summed E-state index contributed by atoms with van der Waals surface area (Å²) in [5.41, 5.74) is 0. The van der Waals surface area contributed by atoms with E-state index in [-0.39, 0.29) is 4.17 Å². The highest BCUT2D eigenvalue weighted by molar-refractivity contribution is 14.1. The molecular formula is C9H15Cl3IN3. The van der Waals surface area contributed by atoms with Crippen molar-refractivity contribution in [2.45, 2.75) is 40.7 Å². The summed E-state index contributed by atoms with van der Waals surface area (Å²) in [7, 11) is 0. The maximum Gasteiger partial charge on any atom is 0.271 e. The lowest BCUT2D eigenvalue weighted by molar-refractivity contribution is 0.214. The van der Waals surface area contributed by atoms with Crippen molar-refractivity contribution in [1.29, 1.82) is 0 Å². The molecule has 0 aromatic heterocycles. The summed E-state index contributed by atoms with van der Waals surface area (Å²) in [4.78, 5) is 1.61. The number of nitrogens with zero attached hydrogens (tertiary/aromatic N) is 3. The molecule has 0 saturated heterocycles. The van der Waals surface area contributed by atoms with Crippen LogP contribution in [0.15, 0.2) is 5.10 Å². The van der Waals surface area contributed by atoms with E-state index in [1.807, 2.05) is 5.01 Å². The van der Waals surface area contributed by atoms with Crippen LogP contribution in [0.25, 0.3) is 0 Å². The van der Waals surface area contributed by atoms with E-state index in [1.54, 1.807) is 11.2 Å². The Bertz CT molecular complexity index is 245. The van der Waals surface area contributed by atoms with Crippen LogP contribution in [0.5, 0.6) is 0 Å². The van der Waals surface area contributed by atoms with Gasteiger partial charge in [0.25, 0.3) is 3.92 Å².